The van der Waals surface area contributed by atoms with E-state index in [-0.39, 0.29) is 30.4 Å². The molecule has 0 aliphatic carbocycles. The highest BCUT2D eigenvalue weighted by atomic mass is 16.3. The molecule has 2 fully saturated rings. The van der Waals surface area contributed by atoms with Crippen LogP contribution in [0.3, 0.4) is 0 Å². The SMILES string of the molecule is CCC(=O)N1CC2(C1)[C@H](c1ccccc1)[C@@H](CO)N2C(=O)c1ccccc1. The van der Waals surface area contributed by atoms with E-state index < -0.39 is 5.54 Å². The molecule has 5 nitrogen and oxygen atoms in total. The standard InChI is InChI=1S/C22H24N2O3/c1-2-19(26)23-14-22(15-23)20(16-9-5-3-6-10-16)18(13-25)24(22)21(27)17-11-7-4-8-12-17/h3-12,18,20,25H,2,13-15H2,1H3/t18-,20-/m1/s1. The minimum absolute atomic E-state index is 0.0252. The normalized spacial score (nSPS) is 22.9. The first-order valence-electron chi connectivity index (χ1n) is 9.44. The molecular weight excluding hydrogens is 340 g/mol. The molecule has 5 heteroatoms. The van der Waals surface area contributed by atoms with Crippen LogP contribution >= 0.6 is 0 Å². The minimum Gasteiger partial charge on any atom is -0.394 e. The van der Waals surface area contributed by atoms with E-state index in [1.54, 1.807) is 12.1 Å². The van der Waals surface area contributed by atoms with Crippen LogP contribution in [0.15, 0.2) is 60.7 Å². The quantitative estimate of drug-likeness (QED) is 0.905. The van der Waals surface area contributed by atoms with Crippen LogP contribution < -0.4 is 0 Å². The first-order chi connectivity index (χ1) is 13.1. The highest BCUT2D eigenvalue weighted by Crippen LogP contribution is 2.54. The number of carbonyl (C=O) groups excluding carboxylic acids is 2. The Kier molecular flexibility index (Phi) is 4.48. The van der Waals surface area contributed by atoms with E-state index >= 15 is 0 Å². The first kappa shape index (κ1) is 17.7. The summed E-state index contributed by atoms with van der Waals surface area (Å²) in [5, 5.41) is 10.1. The van der Waals surface area contributed by atoms with Crippen LogP contribution in [0, 0.1) is 0 Å². The summed E-state index contributed by atoms with van der Waals surface area (Å²) in [5.41, 5.74) is 1.28. The van der Waals surface area contributed by atoms with Crippen molar-refractivity contribution in [2.75, 3.05) is 19.7 Å². The van der Waals surface area contributed by atoms with Crippen molar-refractivity contribution in [1.29, 1.82) is 0 Å². The van der Waals surface area contributed by atoms with Gasteiger partial charge in [-0.15, -0.1) is 0 Å². The van der Waals surface area contributed by atoms with E-state index in [2.05, 4.69) is 0 Å². The smallest absolute Gasteiger partial charge is 0.254 e. The Morgan fingerprint density at radius 2 is 1.63 bits per heavy atom. The Balaban J connectivity index is 1.69. The van der Waals surface area contributed by atoms with Crippen LogP contribution in [-0.4, -0.2) is 58.0 Å². The number of aliphatic hydroxyl groups excluding tert-OH is 1. The lowest BCUT2D eigenvalue weighted by Gasteiger charge is -2.70. The number of aliphatic hydroxyl groups is 1. The second-order valence-corrected chi connectivity index (χ2v) is 7.39. The topological polar surface area (TPSA) is 60.9 Å². The van der Waals surface area contributed by atoms with E-state index in [4.69, 9.17) is 0 Å². The molecular formula is C22H24N2O3. The molecule has 2 saturated heterocycles. The Morgan fingerprint density at radius 3 is 2.19 bits per heavy atom. The number of hydrogen-bond acceptors (Lipinski definition) is 3. The van der Waals surface area contributed by atoms with Gasteiger partial charge in [0.15, 0.2) is 0 Å². The lowest BCUT2D eigenvalue weighted by Crippen LogP contribution is -2.85. The van der Waals surface area contributed by atoms with Crippen LogP contribution in [0.2, 0.25) is 0 Å². The zero-order chi connectivity index (χ0) is 19.0. The van der Waals surface area contributed by atoms with E-state index in [1.807, 2.05) is 65.3 Å². The summed E-state index contributed by atoms with van der Waals surface area (Å²) >= 11 is 0. The average molecular weight is 364 g/mol. The molecule has 1 N–H and O–H groups in total. The third-order valence-corrected chi connectivity index (χ3v) is 5.94. The number of likely N-dealkylation sites (tertiary alicyclic amines) is 2. The maximum absolute atomic E-state index is 13.2. The molecule has 2 amide bonds. The Hall–Kier alpha value is -2.66. The van der Waals surface area contributed by atoms with Gasteiger partial charge in [0.25, 0.3) is 5.91 Å². The van der Waals surface area contributed by atoms with Gasteiger partial charge in [0.2, 0.25) is 5.91 Å². The number of hydrogen-bond donors (Lipinski definition) is 1. The minimum atomic E-state index is -0.438. The first-order valence-corrected chi connectivity index (χ1v) is 9.44. The van der Waals surface area contributed by atoms with Crippen LogP contribution in [0.5, 0.6) is 0 Å². The van der Waals surface area contributed by atoms with Crippen molar-refractivity contribution in [2.24, 2.45) is 0 Å². The molecule has 0 saturated carbocycles. The van der Waals surface area contributed by atoms with E-state index in [0.717, 1.165) is 5.56 Å². The number of carbonyl (C=O) groups is 2. The summed E-state index contributed by atoms with van der Waals surface area (Å²) in [6.07, 6.45) is 0.460. The van der Waals surface area contributed by atoms with Crippen molar-refractivity contribution in [1.82, 2.24) is 9.80 Å². The van der Waals surface area contributed by atoms with E-state index in [1.165, 1.54) is 0 Å². The zero-order valence-electron chi connectivity index (χ0n) is 15.4. The molecule has 2 aliphatic heterocycles. The summed E-state index contributed by atoms with van der Waals surface area (Å²) < 4.78 is 0. The molecule has 0 radical (unpaired) electrons. The third-order valence-electron chi connectivity index (χ3n) is 5.94. The summed E-state index contributed by atoms with van der Waals surface area (Å²) in [5.74, 6) is 0.0506. The Morgan fingerprint density at radius 1 is 1.04 bits per heavy atom. The monoisotopic (exact) mass is 364 g/mol. The Labute approximate surface area is 159 Å². The number of amides is 2. The second kappa shape index (κ2) is 6.82. The third kappa shape index (κ3) is 2.65. The molecule has 27 heavy (non-hydrogen) atoms. The van der Waals surface area contributed by atoms with Crippen molar-refractivity contribution < 1.29 is 14.7 Å². The summed E-state index contributed by atoms with van der Waals surface area (Å²) in [4.78, 5) is 29.0. The van der Waals surface area contributed by atoms with Crippen LogP contribution in [0.1, 0.15) is 35.2 Å². The molecule has 0 aromatic heterocycles. The number of nitrogens with zero attached hydrogens (tertiary/aromatic N) is 2. The lowest BCUT2D eigenvalue weighted by molar-refractivity contribution is -0.178. The number of rotatable bonds is 4. The van der Waals surface area contributed by atoms with Gasteiger partial charge < -0.3 is 14.9 Å². The maximum Gasteiger partial charge on any atom is 0.254 e. The Bertz CT molecular complexity index is 831. The van der Waals surface area contributed by atoms with Gasteiger partial charge in [0.1, 0.15) is 0 Å². The van der Waals surface area contributed by atoms with Gasteiger partial charge in [-0.05, 0) is 17.7 Å². The fraction of sp³-hybridized carbons (Fsp3) is 0.364. The molecule has 0 unspecified atom stereocenters. The molecule has 2 aromatic carbocycles. The summed E-state index contributed by atoms with van der Waals surface area (Å²) in [6.45, 7) is 2.80. The van der Waals surface area contributed by atoms with Gasteiger partial charge in [0, 0.05) is 31.0 Å². The van der Waals surface area contributed by atoms with Gasteiger partial charge in [-0.3, -0.25) is 9.59 Å². The van der Waals surface area contributed by atoms with Crippen molar-refractivity contribution in [3.63, 3.8) is 0 Å². The maximum atomic E-state index is 13.2. The molecule has 140 valence electrons. The van der Waals surface area contributed by atoms with Gasteiger partial charge >= 0.3 is 0 Å². The molecule has 2 aromatic rings. The highest BCUT2D eigenvalue weighted by Gasteiger charge is 2.67. The zero-order valence-corrected chi connectivity index (χ0v) is 15.4. The van der Waals surface area contributed by atoms with Gasteiger partial charge in [-0.25, -0.2) is 0 Å². The molecule has 2 heterocycles. The predicted octanol–water partition coefficient (Wildman–Crippen LogP) is 2.28. The summed E-state index contributed by atoms with van der Waals surface area (Å²) in [6, 6.07) is 18.9. The summed E-state index contributed by atoms with van der Waals surface area (Å²) in [7, 11) is 0. The lowest BCUT2D eigenvalue weighted by atomic mass is 9.60. The largest absolute Gasteiger partial charge is 0.394 e. The van der Waals surface area contributed by atoms with Crippen molar-refractivity contribution >= 4 is 11.8 Å². The van der Waals surface area contributed by atoms with Crippen molar-refractivity contribution in [3.05, 3.63) is 71.8 Å². The van der Waals surface area contributed by atoms with Crippen LogP contribution in [0.25, 0.3) is 0 Å². The van der Waals surface area contributed by atoms with Crippen molar-refractivity contribution in [2.45, 2.75) is 30.8 Å². The average Bonchev–Trinajstić information content (AvgIpc) is 2.67. The van der Waals surface area contributed by atoms with Gasteiger partial charge in [0.05, 0.1) is 18.2 Å². The molecule has 4 rings (SSSR count). The van der Waals surface area contributed by atoms with Crippen LogP contribution in [0.4, 0.5) is 0 Å². The van der Waals surface area contributed by atoms with Gasteiger partial charge in [-0.2, -0.15) is 0 Å². The van der Waals surface area contributed by atoms with E-state index in [0.29, 0.717) is 25.1 Å². The van der Waals surface area contributed by atoms with Gasteiger partial charge in [-0.1, -0.05) is 55.5 Å². The molecule has 2 aliphatic rings. The predicted molar refractivity (Wildman–Crippen MR) is 102 cm³/mol. The molecule has 2 atom stereocenters. The fourth-order valence-electron chi connectivity index (χ4n) is 4.72. The fourth-order valence-corrected chi connectivity index (χ4v) is 4.72. The molecule has 0 bridgehead atoms. The van der Waals surface area contributed by atoms with E-state index in [9.17, 15) is 14.7 Å². The highest BCUT2D eigenvalue weighted by molar-refractivity contribution is 5.96. The van der Waals surface area contributed by atoms with Crippen LogP contribution in [-0.2, 0) is 4.79 Å². The second-order valence-electron chi connectivity index (χ2n) is 7.39. The van der Waals surface area contributed by atoms with Crippen molar-refractivity contribution in [3.8, 4) is 0 Å². The molecule has 1 spiro atoms. The number of benzene rings is 2.